The van der Waals surface area contributed by atoms with Gasteiger partial charge in [-0.15, -0.1) is 11.3 Å². The molecule has 0 bridgehead atoms. The number of hydrogen-bond donors (Lipinski definition) is 1. The number of benzene rings is 1. The summed E-state index contributed by atoms with van der Waals surface area (Å²) in [4.78, 5) is 15.8. The second kappa shape index (κ2) is 11.8. The zero-order valence-electron chi connectivity index (χ0n) is 17.2. The van der Waals surface area contributed by atoms with Gasteiger partial charge < -0.3 is 9.47 Å². The van der Waals surface area contributed by atoms with E-state index in [0.29, 0.717) is 36.6 Å². The summed E-state index contributed by atoms with van der Waals surface area (Å²) in [5.74, 6) is 0.0155. The van der Waals surface area contributed by atoms with Gasteiger partial charge in [0.05, 0.1) is 31.5 Å². The van der Waals surface area contributed by atoms with Crippen LogP contribution in [0.25, 0.3) is 0 Å². The van der Waals surface area contributed by atoms with Crippen LogP contribution < -0.4 is 5.43 Å². The molecule has 0 amide bonds. The van der Waals surface area contributed by atoms with Crippen LogP contribution in [0.5, 0.6) is 0 Å². The van der Waals surface area contributed by atoms with Crippen LogP contribution in [-0.4, -0.2) is 30.4 Å². The van der Waals surface area contributed by atoms with E-state index in [0.717, 1.165) is 11.1 Å². The molecule has 1 heterocycles. The summed E-state index contributed by atoms with van der Waals surface area (Å²) in [6.45, 7) is 3.19. The number of hydrazone groups is 1. The summed E-state index contributed by atoms with van der Waals surface area (Å²) in [5.41, 5.74) is 5.04. The normalized spacial score (nSPS) is 14.9. The fourth-order valence-electron chi connectivity index (χ4n) is 3.47. The molecule has 0 atom stereocenters. The molecule has 0 spiro atoms. The van der Waals surface area contributed by atoms with Crippen LogP contribution in [-0.2, 0) is 27.3 Å². The molecule has 8 heteroatoms. The number of rotatable bonds is 10. The highest BCUT2D eigenvalue weighted by Crippen LogP contribution is 2.24. The van der Waals surface area contributed by atoms with Gasteiger partial charge in [-0.1, -0.05) is 25.3 Å². The van der Waals surface area contributed by atoms with Crippen molar-refractivity contribution >= 4 is 28.7 Å². The summed E-state index contributed by atoms with van der Waals surface area (Å²) in [6, 6.07) is 4.59. The molecule has 2 aromatic rings. The lowest BCUT2D eigenvalue weighted by atomic mass is 9.90. The molecule has 1 saturated carbocycles. The van der Waals surface area contributed by atoms with Crippen LogP contribution in [0, 0.1) is 11.7 Å². The Bertz CT molecular complexity index is 850. The first-order valence-electron chi connectivity index (χ1n) is 10.4. The van der Waals surface area contributed by atoms with Gasteiger partial charge in [-0.05, 0) is 43.4 Å². The molecule has 6 nitrogen and oxygen atoms in total. The molecule has 1 fully saturated rings. The van der Waals surface area contributed by atoms with Crippen molar-refractivity contribution < 1.29 is 18.7 Å². The second-order valence-electron chi connectivity index (χ2n) is 7.36. The Balaban J connectivity index is 1.53. The molecule has 1 aliphatic rings. The summed E-state index contributed by atoms with van der Waals surface area (Å²) < 4.78 is 24.5. The number of nitrogens with zero attached hydrogens (tertiary/aromatic N) is 2. The highest BCUT2D eigenvalue weighted by Gasteiger charge is 2.14. The van der Waals surface area contributed by atoms with Crippen molar-refractivity contribution in [2.75, 3.05) is 18.6 Å². The fourth-order valence-corrected chi connectivity index (χ4v) is 4.13. The third-order valence-electron chi connectivity index (χ3n) is 4.99. The summed E-state index contributed by atoms with van der Waals surface area (Å²) in [6.07, 6.45) is 8.06. The first-order chi connectivity index (χ1) is 14.6. The van der Waals surface area contributed by atoms with Crippen molar-refractivity contribution in [3.63, 3.8) is 0 Å². The fraction of sp³-hybridized carbons (Fsp3) is 0.500. The minimum atomic E-state index is -0.304. The molecule has 0 saturated heterocycles. The van der Waals surface area contributed by atoms with E-state index >= 15 is 0 Å². The Morgan fingerprint density at radius 1 is 1.37 bits per heavy atom. The van der Waals surface area contributed by atoms with Gasteiger partial charge in [0.25, 0.3) is 0 Å². The lowest BCUT2D eigenvalue weighted by Crippen LogP contribution is -2.13. The average molecular weight is 434 g/mol. The third kappa shape index (κ3) is 7.18. The third-order valence-corrected chi connectivity index (χ3v) is 5.78. The predicted molar refractivity (Wildman–Crippen MR) is 116 cm³/mol. The molecule has 1 aliphatic carbocycles. The average Bonchev–Trinajstić information content (AvgIpc) is 3.17. The van der Waals surface area contributed by atoms with Crippen molar-refractivity contribution in [2.45, 2.75) is 52.1 Å². The van der Waals surface area contributed by atoms with Gasteiger partial charge in [-0.25, -0.2) is 9.37 Å². The smallest absolute Gasteiger partial charge is 0.311 e. The highest BCUT2D eigenvalue weighted by molar-refractivity contribution is 7.13. The number of carbonyl (C=O) groups is 1. The number of carbonyl (C=O) groups excluding carboxylic acids is 1. The summed E-state index contributed by atoms with van der Waals surface area (Å²) in [7, 11) is 0. The molecule has 0 radical (unpaired) electrons. The molecule has 0 unspecified atom stereocenters. The quantitative estimate of drug-likeness (QED) is 0.327. The standard InChI is InChI=1S/C22H28FN3O3S/c1-2-29-21(27)11-20-15-30-22(25-20)26-24-12-17-8-9-19(23)10-18(17)14-28-13-16-6-4-3-5-7-16/h8-10,12,15-16H,2-7,11,13-14H2,1H3,(H,25,26). The Morgan fingerprint density at radius 2 is 2.20 bits per heavy atom. The first-order valence-corrected chi connectivity index (χ1v) is 11.3. The number of esters is 1. The van der Waals surface area contributed by atoms with Crippen molar-refractivity contribution in [1.82, 2.24) is 4.98 Å². The Hall–Kier alpha value is -2.32. The van der Waals surface area contributed by atoms with E-state index in [1.807, 2.05) is 0 Å². The Morgan fingerprint density at radius 3 is 3.00 bits per heavy atom. The van der Waals surface area contributed by atoms with E-state index in [2.05, 4.69) is 15.5 Å². The van der Waals surface area contributed by atoms with Crippen molar-refractivity contribution in [2.24, 2.45) is 11.0 Å². The van der Waals surface area contributed by atoms with E-state index in [1.165, 1.54) is 55.6 Å². The molecular formula is C22H28FN3O3S. The van der Waals surface area contributed by atoms with Gasteiger partial charge in [-0.2, -0.15) is 5.10 Å². The lowest BCUT2D eigenvalue weighted by molar-refractivity contribution is -0.142. The zero-order chi connectivity index (χ0) is 21.2. The summed E-state index contributed by atoms with van der Waals surface area (Å²) >= 11 is 1.35. The van der Waals surface area contributed by atoms with Crippen LogP contribution in [0.2, 0.25) is 0 Å². The van der Waals surface area contributed by atoms with E-state index < -0.39 is 0 Å². The summed E-state index contributed by atoms with van der Waals surface area (Å²) in [5, 5.41) is 6.57. The maximum atomic E-state index is 13.7. The van der Waals surface area contributed by atoms with Gasteiger partial charge in [0, 0.05) is 17.6 Å². The molecule has 3 rings (SSSR count). The zero-order valence-corrected chi connectivity index (χ0v) is 18.0. The topological polar surface area (TPSA) is 72.8 Å². The van der Waals surface area contributed by atoms with E-state index in [4.69, 9.17) is 9.47 Å². The van der Waals surface area contributed by atoms with Gasteiger partial charge >= 0.3 is 5.97 Å². The maximum Gasteiger partial charge on any atom is 0.311 e. The van der Waals surface area contributed by atoms with Crippen LogP contribution in [0.3, 0.4) is 0 Å². The molecule has 30 heavy (non-hydrogen) atoms. The maximum absolute atomic E-state index is 13.7. The number of anilines is 1. The number of nitrogens with one attached hydrogen (secondary N) is 1. The van der Waals surface area contributed by atoms with Gasteiger partial charge in [0.15, 0.2) is 0 Å². The monoisotopic (exact) mass is 433 g/mol. The molecule has 1 N–H and O–H groups in total. The van der Waals surface area contributed by atoms with Crippen molar-refractivity contribution in [3.05, 3.63) is 46.2 Å². The number of hydrogen-bond acceptors (Lipinski definition) is 7. The number of aromatic nitrogens is 1. The van der Waals surface area contributed by atoms with Crippen LogP contribution in [0.4, 0.5) is 9.52 Å². The van der Waals surface area contributed by atoms with Crippen LogP contribution in [0.15, 0.2) is 28.7 Å². The van der Waals surface area contributed by atoms with Gasteiger partial charge in [-0.3, -0.25) is 10.2 Å². The van der Waals surface area contributed by atoms with Crippen LogP contribution in [0.1, 0.15) is 55.8 Å². The first kappa shape index (κ1) is 22.4. The number of halogens is 1. The molecule has 162 valence electrons. The van der Waals surface area contributed by atoms with Crippen molar-refractivity contribution in [3.8, 4) is 0 Å². The van der Waals surface area contributed by atoms with E-state index in [-0.39, 0.29) is 18.2 Å². The molecule has 0 aliphatic heterocycles. The SMILES string of the molecule is CCOC(=O)Cc1csc(NN=Cc2ccc(F)cc2COCC2CCCCC2)n1. The van der Waals surface area contributed by atoms with E-state index in [1.54, 1.807) is 24.6 Å². The van der Waals surface area contributed by atoms with Crippen LogP contribution >= 0.6 is 11.3 Å². The highest BCUT2D eigenvalue weighted by atomic mass is 32.1. The van der Waals surface area contributed by atoms with Gasteiger partial charge in [0.2, 0.25) is 5.13 Å². The minimum absolute atomic E-state index is 0.135. The Kier molecular flexibility index (Phi) is 8.77. The molecule has 1 aromatic heterocycles. The molecular weight excluding hydrogens is 405 g/mol. The van der Waals surface area contributed by atoms with Crippen molar-refractivity contribution in [1.29, 1.82) is 0 Å². The molecule has 1 aromatic carbocycles. The van der Waals surface area contributed by atoms with Gasteiger partial charge in [0.1, 0.15) is 5.82 Å². The number of thiazole rings is 1. The largest absolute Gasteiger partial charge is 0.466 e. The number of ether oxygens (including phenoxy) is 2. The Labute approximate surface area is 180 Å². The lowest BCUT2D eigenvalue weighted by Gasteiger charge is -2.21. The minimum Gasteiger partial charge on any atom is -0.466 e. The second-order valence-corrected chi connectivity index (χ2v) is 8.22. The van der Waals surface area contributed by atoms with E-state index in [9.17, 15) is 9.18 Å². The predicted octanol–water partition coefficient (Wildman–Crippen LogP) is 4.93.